The predicted molar refractivity (Wildman–Crippen MR) is 140 cm³/mol. The molecular formula is C25H25ClF6N8O3. The Kier molecular flexibility index (Phi) is 8.74. The standard InChI is InChI=1S/C25H25ClF6N8O3/c1-23(2,3)35-21(42)20-34-17(36-40(20)19-15(24(27,28)29)5-4-10-33-19)12-39-22(43)38(11-16(41)25(30,31)32)18(37-39)13-6-8-14(26)9-7-13/h4-10,16,21,35,41-42H,11-12H2,1-3H3/t16-,21?/m0/s1. The molecular weight excluding hydrogens is 610 g/mol. The van der Waals surface area contributed by atoms with Crippen molar-refractivity contribution in [2.45, 2.75) is 64.1 Å². The number of aromatic nitrogens is 7. The molecule has 232 valence electrons. The number of rotatable bonds is 8. The van der Waals surface area contributed by atoms with Crippen molar-refractivity contribution in [1.29, 1.82) is 0 Å². The van der Waals surface area contributed by atoms with Crippen molar-refractivity contribution in [2.75, 3.05) is 0 Å². The van der Waals surface area contributed by atoms with E-state index in [1.807, 2.05) is 0 Å². The number of pyridine rings is 1. The third-order valence-electron chi connectivity index (χ3n) is 5.83. The van der Waals surface area contributed by atoms with Crippen molar-refractivity contribution >= 4 is 11.6 Å². The molecule has 0 amide bonds. The molecule has 1 aromatic carbocycles. The highest BCUT2D eigenvalue weighted by atomic mass is 35.5. The van der Waals surface area contributed by atoms with Crippen LogP contribution in [0.5, 0.6) is 0 Å². The van der Waals surface area contributed by atoms with Gasteiger partial charge in [-0.05, 0) is 57.2 Å². The molecule has 4 rings (SSSR count). The Bertz CT molecular complexity index is 1640. The fourth-order valence-corrected chi connectivity index (χ4v) is 4.09. The molecule has 0 saturated carbocycles. The van der Waals surface area contributed by atoms with E-state index >= 15 is 0 Å². The minimum absolute atomic E-state index is 0.182. The molecule has 11 nitrogen and oxygen atoms in total. The van der Waals surface area contributed by atoms with Gasteiger partial charge in [0.2, 0.25) is 0 Å². The van der Waals surface area contributed by atoms with Crippen LogP contribution in [0.25, 0.3) is 17.2 Å². The average molecular weight is 635 g/mol. The molecule has 1 unspecified atom stereocenters. The SMILES string of the molecule is CC(C)(C)NC(O)c1nc(Cn2nc(-c3ccc(Cl)cc3)n(C[C@H](O)C(F)(F)F)c2=O)nn1-c1ncccc1C(F)(F)F. The Balaban J connectivity index is 1.84. The summed E-state index contributed by atoms with van der Waals surface area (Å²) in [6.07, 6.45) is -13.4. The average Bonchev–Trinajstić information content (AvgIpc) is 3.44. The number of aliphatic hydroxyl groups is 2. The van der Waals surface area contributed by atoms with Crippen LogP contribution in [-0.4, -0.2) is 62.1 Å². The lowest BCUT2D eigenvalue weighted by Crippen LogP contribution is -2.40. The first-order valence-electron chi connectivity index (χ1n) is 12.5. The first kappa shape index (κ1) is 32.1. The molecule has 0 aliphatic heterocycles. The minimum atomic E-state index is -5.05. The van der Waals surface area contributed by atoms with Crippen LogP contribution in [-0.2, 0) is 19.3 Å². The molecule has 0 aliphatic rings. The minimum Gasteiger partial charge on any atom is -0.382 e. The summed E-state index contributed by atoms with van der Waals surface area (Å²) in [4.78, 5) is 21.2. The van der Waals surface area contributed by atoms with Gasteiger partial charge in [-0.1, -0.05) is 11.6 Å². The number of hydrogen-bond acceptors (Lipinski definition) is 8. The fraction of sp³-hybridized carbons (Fsp3) is 0.400. The smallest absolute Gasteiger partial charge is 0.382 e. The van der Waals surface area contributed by atoms with Crippen LogP contribution in [0.4, 0.5) is 26.3 Å². The summed E-state index contributed by atoms with van der Waals surface area (Å²) in [6.45, 7) is 3.20. The molecule has 43 heavy (non-hydrogen) atoms. The van der Waals surface area contributed by atoms with Crippen molar-refractivity contribution in [2.24, 2.45) is 0 Å². The number of nitrogens with one attached hydrogen (secondary N) is 1. The van der Waals surface area contributed by atoms with Crippen molar-refractivity contribution in [3.63, 3.8) is 0 Å². The zero-order chi connectivity index (χ0) is 31.9. The van der Waals surface area contributed by atoms with E-state index in [1.54, 1.807) is 20.8 Å². The molecule has 3 heterocycles. The highest BCUT2D eigenvalue weighted by Gasteiger charge is 2.40. The summed E-state index contributed by atoms with van der Waals surface area (Å²) in [7, 11) is 0. The molecule has 0 bridgehead atoms. The number of halogens is 7. The lowest BCUT2D eigenvalue weighted by molar-refractivity contribution is -0.207. The monoisotopic (exact) mass is 634 g/mol. The molecule has 0 saturated heterocycles. The fourth-order valence-electron chi connectivity index (χ4n) is 3.96. The van der Waals surface area contributed by atoms with Gasteiger partial charge in [0.25, 0.3) is 0 Å². The lowest BCUT2D eigenvalue weighted by Gasteiger charge is -2.24. The maximum absolute atomic E-state index is 13.8. The second-order valence-corrected chi connectivity index (χ2v) is 10.8. The van der Waals surface area contributed by atoms with E-state index in [9.17, 15) is 41.4 Å². The molecule has 18 heteroatoms. The Morgan fingerprint density at radius 1 is 1.00 bits per heavy atom. The molecule has 0 fully saturated rings. The molecule has 0 spiro atoms. The summed E-state index contributed by atoms with van der Waals surface area (Å²) in [5, 5.41) is 31.7. The Labute approximate surface area is 244 Å². The molecule has 0 radical (unpaired) electrons. The normalized spacial score (nSPS) is 14.2. The third kappa shape index (κ3) is 7.41. The van der Waals surface area contributed by atoms with E-state index in [-0.39, 0.29) is 17.2 Å². The van der Waals surface area contributed by atoms with Crippen LogP contribution in [0, 0.1) is 0 Å². The molecule has 4 aromatic rings. The van der Waals surface area contributed by atoms with Gasteiger partial charge in [0.1, 0.15) is 12.1 Å². The number of nitrogens with zero attached hydrogens (tertiary/aromatic N) is 7. The second kappa shape index (κ2) is 11.7. The number of alkyl halides is 6. The van der Waals surface area contributed by atoms with Gasteiger partial charge in [-0.3, -0.25) is 9.88 Å². The van der Waals surface area contributed by atoms with E-state index in [0.717, 1.165) is 18.3 Å². The van der Waals surface area contributed by atoms with E-state index in [2.05, 4.69) is 25.5 Å². The van der Waals surface area contributed by atoms with Crippen LogP contribution in [0.3, 0.4) is 0 Å². The van der Waals surface area contributed by atoms with Gasteiger partial charge in [0.15, 0.2) is 35.6 Å². The van der Waals surface area contributed by atoms with Crippen LogP contribution in [0.1, 0.15) is 44.2 Å². The van der Waals surface area contributed by atoms with Crippen molar-refractivity contribution in [3.8, 4) is 17.2 Å². The van der Waals surface area contributed by atoms with Crippen molar-refractivity contribution in [1.82, 2.24) is 39.4 Å². The lowest BCUT2D eigenvalue weighted by atomic mass is 10.1. The van der Waals surface area contributed by atoms with Crippen LogP contribution in [0.15, 0.2) is 47.4 Å². The van der Waals surface area contributed by atoms with Crippen LogP contribution < -0.4 is 11.0 Å². The molecule has 3 aromatic heterocycles. The van der Waals surface area contributed by atoms with Crippen molar-refractivity contribution in [3.05, 3.63) is 75.3 Å². The van der Waals surface area contributed by atoms with Gasteiger partial charge >= 0.3 is 18.0 Å². The van der Waals surface area contributed by atoms with Gasteiger partial charge in [-0.25, -0.2) is 19.4 Å². The Hall–Kier alpha value is -3.80. The maximum Gasteiger partial charge on any atom is 0.420 e. The topological polar surface area (TPSA) is 136 Å². The number of benzene rings is 1. The quantitative estimate of drug-likeness (QED) is 0.197. The molecule has 3 N–H and O–H groups in total. The number of aliphatic hydroxyl groups excluding tert-OH is 2. The first-order valence-corrected chi connectivity index (χ1v) is 12.9. The predicted octanol–water partition coefficient (Wildman–Crippen LogP) is 3.71. The largest absolute Gasteiger partial charge is 0.420 e. The van der Waals surface area contributed by atoms with Gasteiger partial charge in [0, 0.05) is 22.3 Å². The summed E-state index contributed by atoms with van der Waals surface area (Å²) in [6, 6.07) is 7.43. The van der Waals surface area contributed by atoms with Gasteiger partial charge in [-0.2, -0.15) is 31.0 Å². The highest BCUT2D eigenvalue weighted by molar-refractivity contribution is 6.30. The highest BCUT2D eigenvalue weighted by Crippen LogP contribution is 2.33. The zero-order valence-electron chi connectivity index (χ0n) is 22.7. The summed E-state index contributed by atoms with van der Waals surface area (Å²) in [5.41, 5.74) is -2.85. The van der Waals surface area contributed by atoms with Crippen molar-refractivity contribution < 1.29 is 36.6 Å². The van der Waals surface area contributed by atoms with E-state index in [4.69, 9.17) is 11.6 Å². The summed E-state index contributed by atoms with van der Waals surface area (Å²) >= 11 is 5.90. The second-order valence-electron chi connectivity index (χ2n) is 10.4. The van der Waals surface area contributed by atoms with Gasteiger partial charge in [0.05, 0.1) is 6.54 Å². The van der Waals surface area contributed by atoms with E-state index in [0.29, 0.717) is 19.0 Å². The third-order valence-corrected chi connectivity index (χ3v) is 6.08. The first-order chi connectivity index (χ1) is 19.8. The van der Waals surface area contributed by atoms with Gasteiger partial charge < -0.3 is 10.2 Å². The summed E-state index contributed by atoms with van der Waals surface area (Å²) in [5.74, 6) is -1.71. The van der Waals surface area contributed by atoms with Gasteiger partial charge in [-0.15, -0.1) is 10.2 Å². The number of hydrogen-bond donors (Lipinski definition) is 3. The molecule has 2 atom stereocenters. The Morgan fingerprint density at radius 3 is 2.23 bits per heavy atom. The maximum atomic E-state index is 13.8. The zero-order valence-corrected chi connectivity index (χ0v) is 23.4. The van der Waals surface area contributed by atoms with Crippen LogP contribution >= 0.6 is 11.6 Å². The molecule has 0 aliphatic carbocycles. The van der Waals surface area contributed by atoms with E-state index < -0.39 is 66.2 Å². The van der Waals surface area contributed by atoms with Crippen LogP contribution in [0.2, 0.25) is 5.02 Å². The summed E-state index contributed by atoms with van der Waals surface area (Å²) < 4.78 is 82.9. The van der Waals surface area contributed by atoms with E-state index in [1.165, 1.54) is 24.3 Å². The Morgan fingerprint density at radius 2 is 1.65 bits per heavy atom.